The number of nitrogens with one attached hydrogen (secondary N) is 1. The maximum absolute atomic E-state index is 13.7. The van der Waals surface area contributed by atoms with Gasteiger partial charge in [-0.05, 0) is 24.6 Å². The molecule has 0 heterocycles. The Bertz CT molecular complexity index is 366. The van der Waals surface area contributed by atoms with Crippen molar-refractivity contribution in [3.8, 4) is 0 Å². The lowest BCUT2D eigenvalue weighted by atomic mass is 10.0. The van der Waals surface area contributed by atoms with Crippen LogP contribution >= 0.6 is 15.9 Å². The lowest BCUT2D eigenvalue weighted by molar-refractivity contribution is 0.0656. The van der Waals surface area contributed by atoms with Crippen LogP contribution in [0.5, 0.6) is 0 Å². The monoisotopic (exact) mass is 320 g/mol. The number of benzene rings is 1. The van der Waals surface area contributed by atoms with Crippen LogP contribution in [0, 0.1) is 5.82 Å². The van der Waals surface area contributed by atoms with Crippen molar-refractivity contribution >= 4 is 15.9 Å². The quantitative estimate of drug-likeness (QED) is 0.438. The maximum atomic E-state index is 13.7. The molecule has 0 saturated heterocycles. The Morgan fingerprint density at radius 2 is 2.17 bits per heavy atom. The lowest BCUT2D eigenvalue weighted by Gasteiger charge is -2.17. The maximum Gasteiger partial charge on any atom is 0.128 e. The van der Waals surface area contributed by atoms with E-state index in [4.69, 9.17) is 15.3 Å². The SMILES string of the molecule is COCCOCCC(NN)c1cc(Br)ccc1F. The van der Waals surface area contributed by atoms with Crippen molar-refractivity contribution in [2.75, 3.05) is 26.9 Å². The van der Waals surface area contributed by atoms with Gasteiger partial charge in [-0.25, -0.2) is 4.39 Å². The average Bonchev–Trinajstić information content (AvgIpc) is 2.37. The smallest absolute Gasteiger partial charge is 0.128 e. The van der Waals surface area contributed by atoms with Gasteiger partial charge in [-0.2, -0.15) is 0 Å². The highest BCUT2D eigenvalue weighted by Crippen LogP contribution is 2.23. The molecule has 18 heavy (non-hydrogen) atoms. The van der Waals surface area contributed by atoms with Gasteiger partial charge >= 0.3 is 0 Å². The third-order valence-electron chi connectivity index (χ3n) is 2.52. The summed E-state index contributed by atoms with van der Waals surface area (Å²) < 4.78 is 24.7. The molecule has 0 aliphatic rings. The molecule has 1 atom stereocenters. The molecule has 0 aliphatic heterocycles. The van der Waals surface area contributed by atoms with E-state index in [0.717, 1.165) is 4.47 Å². The standard InChI is InChI=1S/C12H18BrFN2O2/c1-17-6-7-18-5-4-12(16-15)10-8-9(13)2-3-11(10)14/h2-3,8,12,16H,4-7,15H2,1H3. The molecule has 0 saturated carbocycles. The lowest BCUT2D eigenvalue weighted by Crippen LogP contribution is -2.29. The summed E-state index contributed by atoms with van der Waals surface area (Å²) in [5.74, 6) is 5.17. The number of hydrogen-bond donors (Lipinski definition) is 2. The second kappa shape index (κ2) is 8.55. The summed E-state index contributed by atoms with van der Waals surface area (Å²) in [5.41, 5.74) is 3.14. The molecule has 1 aromatic carbocycles. The minimum absolute atomic E-state index is 0.273. The fourth-order valence-electron chi connectivity index (χ4n) is 1.56. The van der Waals surface area contributed by atoms with Crippen LogP contribution in [-0.2, 0) is 9.47 Å². The number of hydrazine groups is 1. The first-order valence-electron chi connectivity index (χ1n) is 5.66. The number of ether oxygens (including phenoxy) is 2. The van der Waals surface area contributed by atoms with E-state index in [9.17, 15) is 4.39 Å². The number of methoxy groups -OCH3 is 1. The van der Waals surface area contributed by atoms with E-state index >= 15 is 0 Å². The van der Waals surface area contributed by atoms with E-state index in [1.807, 2.05) is 0 Å². The van der Waals surface area contributed by atoms with E-state index in [1.165, 1.54) is 6.07 Å². The van der Waals surface area contributed by atoms with Crippen molar-refractivity contribution in [2.45, 2.75) is 12.5 Å². The van der Waals surface area contributed by atoms with E-state index in [2.05, 4.69) is 21.4 Å². The molecule has 6 heteroatoms. The van der Waals surface area contributed by atoms with Crippen LogP contribution in [0.1, 0.15) is 18.0 Å². The molecule has 1 unspecified atom stereocenters. The van der Waals surface area contributed by atoms with Crippen molar-refractivity contribution in [2.24, 2.45) is 5.84 Å². The Hall–Kier alpha value is -0.530. The van der Waals surface area contributed by atoms with Gasteiger partial charge in [0.25, 0.3) is 0 Å². The van der Waals surface area contributed by atoms with Crippen molar-refractivity contribution in [3.05, 3.63) is 34.1 Å². The molecule has 102 valence electrons. The molecule has 0 fully saturated rings. The second-order valence-corrected chi connectivity index (χ2v) is 4.69. The number of halogens is 2. The Morgan fingerprint density at radius 1 is 1.39 bits per heavy atom. The molecular weight excluding hydrogens is 303 g/mol. The van der Waals surface area contributed by atoms with Gasteiger partial charge in [-0.3, -0.25) is 11.3 Å². The minimum atomic E-state index is -0.280. The summed E-state index contributed by atoms with van der Waals surface area (Å²) in [5, 5.41) is 0. The Kier molecular flexibility index (Phi) is 7.38. The predicted octanol–water partition coefficient (Wildman–Crippen LogP) is 2.15. The van der Waals surface area contributed by atoms with Gasteiger partial charge < -0.3 is 9.47 Å². The number of hydrogen-bond acceptors (Lipinski definition) is 4. The van der Waals surface area contributed by atoms with Gasteiger partial charge in [0.2, 0.25) is 0 Å². The fourth-order valence-corrected chi connectivity index (χ4v) is 1.93. The highest BCUT2D eigenvalue weighted by Gasteiger charge is 2.14. The van der Waals surface area contributed by atoms with Gasteiger partial charge in [-0.1, -0.05) is 15.9 Å². The molecule has 1 aromatic rings. The summed E-state index contributed by atoms with van der Waals surface area (Å²) in [6.45, 7) is 1.56. The van der Waals surface area contributed by atoms with Crippen molar-refractivity contribution in [3.63, 3.8) is 0 Å². The zero-order chi connectivity index (χ0) is 13.4. The van der Waals surface area contributed by atoms with Crippen LogP contribution in [0.4, 0.5) is 4.39 Å². The number of nitrogens with two attached hydrogens (primary N) is 1. The minimum Gasteiger partial charge on any atom is -0.382 e. The summed E-state index contributed by atoms with van der Waals surface area (Å²) in [4.78, 5) is 0. The first-order chi connectivity index (χ1) is 8.69. The third kappa shape index (κ3) is 4.99. The third-order valence-corrected chi connectivity index (χ3v) is 3.01. The summed E-state index contributed by atoms with van der Waals surface area (Å²) in [6.07, 6.45) is 0.591. The van der Waals surface area contributed by atoms with Crippen molar-refractivity contribution in [1.29, 1.82) is 0 Å². The van der Waals surface area contributed by atoms with E-state index < -0.39 is 0 Å². The molecule has 0 aliphatic carbocycles. The van der Waals surface area contributed by atoms with Gasteiger partial charge in [0.05, 0.1) is 19.3 Å². The van der Waals surface area contributed by atoms with Crippen LogP contribution in [0.15, 0.2) is 22.7 Å². The van der Waals surface area contributed by atoms with Crippen LogP contribution in [-0.4, -0.2) is 26.9 Å². The van der Waals surface area contributed by atoms with Crippen molar-refractivity contribution in [1.82, 2.24) is 5.43 Å². The van der Waals surface area contributed by atoms with Crippen LogP contribution in [0.25, 0.3) is 0 Å². The molecule has 0 spiro atoms. The van der Waals surface area contributed by atoms with Crippen LogP contribution in [0.2, 0.25) is 0 Å². The molecule has 0 radical (unpaired) electrons. The van der Waals surface area contributed by atoms with Gasteiger partial charge in [0, 0.05) is 23.8 Å². The van der Waals surface area contributed by atoms with Gasteiger partial charge in [0.15, 0.2) is 0 Å². The molecule has 0 aromatic heterocycles. The highest BCUT2D eigenvalue weighted by molar-refractivity contribution is 9.10. The zero-order valence-corrected chi connectivity index (χ0v) is 11.9. The summed E-state index contributed by atoms with van der Waals surface area (Å²) in [6, 6.07) is 4.51. The zero-order valence-electron chi connectivity index (χ0n) is 10.3. The average molecular weight is 321 g/mol. The van der Waals surface area contributed by atoms with Crippen LogP contribution in [0.3, 0.4) is 0 Å². The molecule has 4 nitrogen and oxygen atoms in total. The number of rotatable bonds is 8. The topological polar surface area (TPSA) is 56.5 Å². The normalized spacial score (nSPS) is 12.7. The predicted molar refractivity (Wildman–Crippen MR) is 71.5 cm³/mol. The Balaban J connectivity index is 2.52. The van der Waals surface area contributed by atoms with Crippen LogP contribution < -0.4 is 11.3 Å². The Labute approximate surface area is 115 Å². The van der Waals surface area contributed by atoms with Gasteiger partial charge in [-0.15, -0.1) is 0 Å². The molecule has 0 amide bonds. The molecular formula is C12H18BrFN2O2. The highest BCUT2D eigenvalue weighted by atomic mass is 79.9. The summed E-state index contributed by atoms with van der Waals surface area (Å²) in [7, 11) is 1.62. The van der Waals surface area contributed by atoms with E-state index in [-0.39, 0.29) is 11.9 Å². The van der Waals surface area contributed by atoms with E-state index in [1.54, 1.807) is 19.2 Å². The fraction of sp³-hybridized carbons (Fsp3) is 0.500. The first kappa shape index (κ1) is 15.5. The molecule has 1 rings (SSSR count). The van der Waals surface area contributed by atoms with Crippen molar-refractivity contribution < 1.29 is 13.9 Å². The largest absolute Gasteiger partial charge is 0.382 e. The Morgan fingerprint density at radius 3 is 2.83 bits per heavy atom. The molecule has 0 bridgehead atoms. The van der Waals surface area contributed by atoms with Gasteiger partial charge in [0.1, 0.15) is 5.82 Å². The van der Waals surface area contributed by atoms with E-state index in [0.29, 0.717) is 31.8 Å². The molecule has 3 N–H and O–H groups in total. The summed E-state index contributed by atoms with van der Waals surface area (Å²) >= 11 is 3.31. The first-order valence-corrected chi connectivity index (χ1v) is 6.46. The second-order valence-electron chi connectivity index (χ2n) is 3.78.